The van der Waals surface area contributed by atoms with Gasteiger partial charge in [-0.25, -0.2) is 0 Å². The van der Waals surface area contributed by atoms with Gasteiger partial charge in [0, 0.05) is 0 Å². The minimum atomic E-state index is -0.430. The van der Waals surface area contributed by atoms with Gasteiger partial charge in [-0.1, -0.05) is 92.5 Å². The van der Waals surface area contributed by atoms with Crippen molar-refractivity contribution >= 4 is 18.5 Å². The van der Waals surface area contributed by atoms with E-state index in [9.17, 15) is 0 Å². The molecule has 24 heavy (non-hydrogen) atoms. The first-order valence-corrected chi connectivity index (χ1v) is 10.3. The molecule has 0 aliphatic heterocycles. The molecule has 2 bridgehead atoms. The first-order valence-electron chi connectivity index (χ1n) is 8.94. The number of fused-ring (bicyclic) bond motifs is 1. The highest BCUT2D eigenvalue weighted by atomic mass is 31.1. The van der Waals surface area contributed by atoms with Crippen LogP contribution in [0.3, 0.4) is 0 Å². The summed E-state index contributed by atoms with van der Waals surface area (Å²) in [4.78, 5) is 0. The van der Waals surface area contributed by atoms with Crippen molar-refractivity contribution in [2.24, 2.45) is 17.3 Å². The summed E-state index contributed by atoms with van der Waals surface area (Å²) in [6.07, 6.45) is 7.58. The van der Waals surface area contributed by atoms with E-state index in [0.29, 0.717) is 5.41 Å². The zero-order chi connectivity index (χ0) is 16.6. The summed E-state index contributed by atoms with van der Waals surface area (Å²) < 4.78 is 0. The molecule has 3 aliphatic carbocycles. The number of allylic oxidation sites excluding steroid dienone is 3. The van der Waals surface area contributed by atoms with Gasteiger partial charge in [0.2, 0.25) is 0 Å². The smallest absolute Gasteiger partial charge is 0.0108 e. The van der Waals surface area contributed by atoms with Crippen LogP contribution in [0.15, 0.2) is 84.2 Å². The number of hydrogen-bond donors (Lipinski definition) is 0. The topological polar surface area (TPSA) is 0 Å². The second-order valence-corrected chi connectivity index (χ2v) is 9.67. The Bertz CT molecular complexity index is 716. The van der Waals surface area contributed by atoms with E-state index in [1.165, 1.54) is 23.5 Å². The van der Waals surface area contributed by atoms with Crippen LogP contribution in [0.2, 0.25) is 0 Å². The molecule has 1 heteroatoms. The monoisotopic (exact) mass is 332 g/mol. The van der Waals surface area contributed by atoms with E-state index in [4.69, 9.17) is 0 Å². The van der Waals surface area contributed by atoms with Crippen molar-refractivity contribution in [3.8, 4) is 0 Å². The van der Waals surface area contributed by atoms with Gasteiger partial charge in [-0.15, -0.1) is 0 Å². The van der Waals surface area contributed by atoms with Crippen molar-refractivity contribution in [3.63, 3.8) is 0 Å². The van der Waals surface area contributed by atoms with Crippen LogP contribution in [0.25, 0.3) is 0 Å². The quantitative estimate of drug-likeness (QED) is 0.637. The molecule has 0 nitrogen and oxygen atoms in total. The normalized spacial score (nSPS) is 24.7. The van der Waals surface area contributed by atoms with E-state index in [0.717, 1.165) is 11.8 Å². The molecule has 0 N–H and O–H groups in total. The molecule has 3 aliphatic rings. The van der Waals surface area contributed by atoms with Crippen LogP contribution in [-0.2, 0) is 0 Å². The van der Waals surface area contributed by atoms with E-state index < -0.39 is 7.92 Å². The molecule has 0 heterocycles. The summed E-state index contributed by atoms with van der Waals surface area (Å²) in [6, 6.07) is 21.9. The molecule has 1 fully saturated rings. The molecule has 2 atom stereocenters. The zero-order valence-corrected chi connectivity index (χ0v) is 15.4. The lowest BCUT2D eigenvalue weighted by molar-refractivity contribution is -0.00327. The Hall–Kier alpha value is -1.65. The first-order chi connectivity index (χ1) is 11.7. The van der Waals surface area contributed by atoms with Crippen LogP contribution in [0.4, 0.5) is 0 Å². The minimum Gasteiger partial charge on any atom is -0.0807 e. The van der Waals surface area contributed by atoms with Crippen LogP contribution in [0.5, 0.6) is 0 Å². The van der Waals surface area contributed by atoms with Crippen LogP contribution in [0, 0.1) is 17.3 Å². The lowest BCUT2D eigenvalue weighted by Gasteiger charge is -2.56. The van der Waals surface area contributed by atoms with Gasteiger partial charge in [0.05, 0.1) is 0 Å². The first kappa shape index (κ1) is 15.9. The van der Waals surface area contributed by atoms with Gasteiger partial charge >= 0.3 is 0 Å². The molecule has 0 saturated heterocycles. The molecular weight excluding hydrogens is 307 g/mol. The summed E-state index contributed by atoms with van der Waals surface area (Å²) in [5, 5.41) is 2.86. The molecule has 5 rings (SSSR count). The summed E-state index contributed by atoms with van der Waals surface area (Å²) in [5.74, 6) is 4.14. The Labute approximate surface area is 147 Å². The SMILES string of the molecule is CC1(C)C2CC=C(/C=C\P(c3ccccc3)c3ccccc3)C1C2. The van der Waals surface area contributed by atoms with Gasteiger partial charge in [0.25, 0.3) is 0 Å². The van der Waals surface area contributed by atoms with E-state index in [2.05, 4.69) is 92.5 Å². The van der Waals surface area contributed by atoms with Crippen LogP contribution < -0.4 is 10.6 Å². The Morgan fingerprint density at radius 2 is 1.50 bits per heavy atom. The van der Waals surface area contributed by atoms with Crippen molar-refractivity contribution in [1.29, 1.82) is 0 Å². The highest BCUT2D eigenvalue weighted by Gasteiger charge is 2.50. The standard InChI is InChI=1S/C23H25P/c1-23(2)19-14-13-18(22(23)17-19)15-16-24(20-9-5-3-6-10-20)21-11-7-4-8-12-21/h3-13,15-16,19,22H,14,17H2,1-2H3/b16-15-. The van der Waals surface area contributed by atoms with Gasteiger partial charge < -0.3 is 0 Å². The summed E-state index contributed by atoms with van der Waals surface area (Å²) in [5.41, 5.74) is 2.07. The largest absolute Gasteiger partial charge is 0.0807 e. The second kappa shape index (κ2) is 6.34. The average Bonchev–Trinajstić information content (AvgIpc) is 2.63. The molecule has 2 unspecified atom stereocenters. The molecule has 1 saturated carbocycles. The maximum Gasteiger partial charge on any atom is -0.0108 e. The minimum absolute atomic E-state index is 0.430. The van der Waals surface area contributed by atoms with Crippen LogP contribution in [0.1, 0.15) is 26.7 Å². The summed E-state index contributed by atoms with van der Waals surface area (Å²) in [7, 11) is -0.430. The maximum absolute atomic E-state index is 2.49. The number of rotatable bonds is 4. The van der Waals surface area contributed by atoms with E-state index in [-0.39, 0.29) is 0 Å². The maximum atomic E-state index is 2.49. The average molecular weight is 332 g/mol. The molecule has 0 aromatic heterocycles. The van der Waals surface area contributed by atoms with Gasteiger partial charge in [-0.3, -0.25) is 0 Å². The molecule has 122 valence electrons. The predicted molar refractivity (Wildman–Crippen MR) is 106 cm³/mol. The fourth-order valence-electron chi connectivity index (χ4n) is 4.25. The van der Waals surface area contributed by atoms with Gasteiger partial charge in [-0.05, 0) is 54.2 Å². The molecule has 0 amide bonds. The van der Waals surface area contributed by atoms with E-state index in [1.807, 2.05) is 0 Å². The van der Waals surface area contributed by atoms with Gasteiger partial charge in [-0.2, -0.15) is 0 Å². The van der Waals surface area contributed by atoms with Crippen molar-refractivity contribution in [2.75, 3.05) is 0 Å². The Morgan fingerprint density at radius 3 is 2.00 bits per heavy atom. The van der Waals surface area contributed by atoms with Crippen molar-refractivity contribution in [3.05, 3.63) is 84.2 Å². The van der Waals surface area contributed by atoms with Crippen LogP contribution >= 0.6 is 7.92 Å². The third kappa shape index (κ3) is 2.78. The third-order valence-electron chi connectivity index (χ3n) is 6.00. The van der Waals surface area contributed by atoms with Gasteiger partial charge in [0.1, 0.15) is 0 Å². The summed E-state index contributed by atoms with van der Waals surface area (Å²) >= 11 is 0. The van der Waals surface area contributed by atoms with Crippen molar-refractivity contribution in [2.45, 2.75) is 26.7 Å². The van der Waals surface area contributed by atoms with Crippen molar-refractivity contribution < 1.29 is 0 Å². The Kier molecular flexibility index (Phi) is 4.19. The van der Waals surface area contributed by atoms with Crippen LogP contribution in [-0.4, -0.2) is 0 Å². The molecule has 2 aromatic carbocycles. The van der Waals surface area contributed by atoms with E-state index in [1.54, 1.807) is 5.57 Å². The third-order valence-corrected chi connectivity index (χ3v) is 8.15. The molecule has 0 radical (unpaired) electrons. The second-order valence-electron chi connectivity index (χ2n) is 7.60. The molecule has 2 aromatic rings. The van der Waals surface area contributed by atoms with E-state index >= 15 is 0 Å². The fourth-order valence-corrected chi connectivity index (χ4v) is 6.20. The lowest BCUT2D eigenvalue weighted by Crippen LogP contribution is -2.47. The highest BCUT2D eigenvalue weighted by molar-refractivity contribution is 7.75. The Balaban J connectivity index is 1.65. The fraction of sp³-hybridized carbons (Fsp3) is 0.304. The number of benzene rings is 2. The number of hydrogen-bond acceptors (Lipinski definition) is 0. The molecular formula is C23H25P. The summed E-state index contributed by atoms with van der Waals surface area (Å²) in [6.45, 7) is 4.90. The predicted octanol–water partition coefficient (Wildman–Crippen LogP) is 5.63. The Morgan fingerprint density at radius 1 is 0.917 bits per heavy atom. The highest BCUT2D eigenvalue weighted by Crippen LogP contribution is 2.59. The molecule has 0 spiro atoms. The van der Waals surface area contributed by atoms with Crippen molar-refractivity contribution in [1.82, 2.24) is 0 Å². The zero-order valence-electron chi connectivity index (χ0n) is 14.5. The lowest BCUT2D eigenvalue weighted by atomic mass is 9.49. The van der Waals surface area contributed by atoms with Gasteiger partial charge in [0.15, 0.2) is 0 Å².